The Morgan fingerprint density at radius 2 is 1.70 bits per heavy atom. The first-order valence-electron chi connectivity index (χ1n) is 12.8. The molecule has 0 spiro atoms. The number of aliphatic carboxylic acids is 1. The minimum Gasteiger partial charge on any atom is -0.488 e. The summed E-state index contributed by atoms with van der Waals surface area (Å²) < 4.78 is 45.8. The van der Waals surface area contributed by atoms with E-state index < -0.39 is 30.3 Å². The molecular weight excluding hydrogens is 652 g/mol. The van der Waals surface area contributed by atoms with E-state index in [0.717, 1.165) is 11.6 Å². The summed E-state index contributed by atoms with van der Waals surface area (Å²) in [6, 6.07) is 16.4. The van der Waals surface area contributed by atoms with Crippen LogP contribution in [0.4, 0.5) is 8.78 Å². The predicted molar refractivity (Wildman–Crippen MR) is 157 cm³/mol. The summed E-state index contributed by atoms with van der Waals surface area (Å²) in [5, 5.41) is 29.3. The van der Waals surface area contributed by atoms with E-state index in [0.29, 0.717) is 37.9 Å². The summed E-state index contributed by atoms with van der Waals surface area (Å²) >= 11 is 10.0. The Morgan fingerprint density at radius 3 is 2.49 bits per heavy atom. The monoisotopic (exact) mass is 673 g/mol. The zero-order chi connectivity index (χ0) is 30.5. The molecule has 0 saturated carbocycles. The second kappa shape index (κ2) is 13.5. The Kier molecular flexibility index (Phi) is 9.51. The molecule has 9 nitrogen and oxygen atoms in total. The van der Waals surface area contributed by atoms with E-state index in [1.165, 1.54) is 12.1 Å². The highest BCUT2D eigenvalue weighted by Gasteiger charge is 2.19. The number of carboxylic acids is 1. The van der Waals surface area contributed by atoms with Crippen LogP contribution >= 0.6 is 27.5 Å². The lowest BCUT2D eigenvalue weighted by Gasteiger charge is -2.18. The van der Waals surface area contributed by atoms with Gasteiger partial charge in [-0.3, -0.25) is 10.1 Å². The van der Waals surface area contributed by atoms with Crippen molar-refractivity contribution in [3.8, 4) is 22.6 Å². The first-order valence-corrected chi connectivity index (χ1v) is 14.0. The number of ether oxygens (including phenoxy) is 2. The summed E-state index contributed by atoms with van der Waals surface area (Å²) in [6.07, 6.45) is 0. The van der Waals surface area contributed by atoms with E-state index in [1.807, 2.05) is 0 Å². The summed E-state index contributed by atoms with van der Waals surface area (Å²) in [6.45, 7) is -0.457. The minimum absolute atomic E-state index is 0.0174. The number of halogens is 4. The fourth-order valence-electron chi connectivity index (χ4n) is 4.27. The zero-order valence-corrected chi connectivity index (χ0v) is 24.5. The molecule has 222 valence electrons. The molecule has 0 radical (unpaired) electrons. The first kappa shape index (κ1) is 30.4. The van der Waals surface area contributed by atoms with Gasteiger partial charge in [-0.25, -0.2) is 13.4 Å². The zero-order valence-electron chi connectivity index (χ0n) is 22.2. The van der Waals surface area contributed by atoms with Gasteiger partial charge < -0.3 is 19.7 Å². The number of aliphatic hydroxyl groups is 1. The third-order valence-electron chi connectivity index (χ3n) is 6.55. The molecule has 0 aliphatic rings. The molecule has 5 aromatic rings. The lowest BCUT2D eigenvalue weighted by atomic mass is 10.0. The molecule has 1 aromatic heterocycles. The molecule has 4 aromatic carbocycles. The molecule has 0 bridgehead atoms. The van der Waals surface area contributed by atoms with Crippen LogP contribution < -0.4 is 14.8 Å². The summed E-state index contributed by atoms with van der Waals surface area (Å²) in [5.41, 5.74) is 3.63. The van der Waals surface area contributed by atoms with Gasteiger partial charge in [0.05, 0.1) is 11.6 Å². The van der Waals surface area contributed by atoms with Crippen LogP contribution in [-0.2, 0) is 24.6 Å². The lowest BCUT2D eigenvalue weighted by molar-refractivity contribution is -0.140. The summed E-state index contributed by atoms with van der Waals surface area (Å²) in [4.78, 5) is 11.4. The minimum atomic E-state index is -1.21. The Labute approximate surface area is 257 Å². The van der Waals surface area contributed by atoms with E-state index in [4.69, 9.17) is 25.7 Å². The fraction of sp³-hybridized carbons (Fsp3) is 0.167. The topological polar surface area (TPSA) is 127 Å². The van der Waals surface area contributed by atoms with Gasteiger partial charge in [0.25, 0.3) is 0 Å². The van der Waals surface area contributed by atoms with E-state index >= 15 is 0 Å². The van der Waals surface area contributed by atoms with E-state index in [2.05, 4.69) is 31.6 Å². The molecule has 0 amide bonds. The number of hydrogen-bond donors (Lipinski definition) is 3. The maximum atomic E-state index is 14.5. The third kappa shape index (κ3) is 6.94. The van der Waals surface area contributed by atoms with Gasteiger partial charge in [-0.1, -0.05) is 48.0 Å². The molecule has 13 heteroatoms. The van der Waals surface area contributed by atoms with Gasteiger partial charge >= 0.3 is 5.97 Å². The molecule has 0 unspecified atom stereocenters. The van der Waals surface area contributed by atoms with Gasteiger partial charge in [0.15, 0.2) is 11.6 Å². The highest BCUT2D eigenvalue weighted by atomic mass is 79.9. The maximum absolute atomic E-state index is 14.5. The van der Waals surface area contributed by atoms with E-state index in [-0.39, 0.29) is 36.1 Å². The van der Waals surface area contributed by atoms with Crippen molar-refractivity contribution in [2.24, 2.45) is 0 Å². The van der Waals surface area contributed by atoms with E-state index in [1.54, 1.807) is 48.5 Å². The van der Waals surface area contributed by atoms with Crippen molar-refractivity contribution in [1.29, 1.82) is 0 Å². The number of aromatic nitrogens is 2. The summed E-state index contributed by atoms with van der Waals surface area (Å²) in [5.74, 6) is -2.51. The number of benzene rings is 4. The van der Waals surface area contributed by atoms with Gasteiger partial charge in [0.2, 0.25) is 0 Å². The Hall–Kier alpha value is -4.10. The number of carboxylic acid groups (broad SMARTS) is 1. The standard InChI is InChI=1S/C30H23BrClF2N3O6/c31-28-17(3-1-4-19(28)20-5-2-6-22(33)29(20)34)15-42-27-11-26(18(10-21(27)32)12-35-25(13-38)30(39)40)41-14-16-7-8-23-24(9-16)37-43-36-23/h1-11,25,35,38H,12-15H2,(H,39,40)/t25-/m1/s1. The van der Waals surface area contributed by atoms with Crippen LogP contribution in [0.1, 0.15) is 16.7 Å². The Bertz CT molecular complexity index is 1790. The molecule has 0 fully saturated rings. The molecule has 43 heavy (non-hydrogen) atoms. The number of hydrogen-bond acceptors (Lipinski definition) is 8. The van der Waals surface area contributed by atoms with Crippen LogP contribution in [0.25, 0.3) is 22.2 Å². The molecule has 0 aliphatic carbocycles. The van der Waals surface area contributed by atoms with E-state index in [9.17, 15) is 23.8 Å². The van der Waals surface area contributed by atoms with Gasteiger partial charge in [-0.2, -0.15) is 0 Å². The average molecular weight is 675 g/mol. The smallest absolute Gasteiger partial charge is 0.323 e. The highest BCUT2D eigenvalue weighted by molar-refractivity contribution is 9.10. The van der Waals surface area contributed by atoms with Crippen molar-refractivity contribution in [1.82, 2.24) is 15.6 Å². The van der Waals surface area contributed by atoms with Crippen molar-refractivity contribution in [2.75, 3.05) is 6.61 Å². The highest BCUT2D eigenvalue weighted by Crippen LogP contribution is 2.37. The molecule has 1 heterocycles. The number of nitrogens with zero attached hydrogens (tertiary/aromatic N) is 2. The first-order chi connectivity index (χ1) is 20.7. The number of aliphatic hydroxyl groups excluding tert-OH is 1. The van der Waals surface area contributed by atoms with Crippen molar-refractivity contribution >= 4 is 44.5 Å². The SMILES string of the molecule is O=C(O)[C@@H](CO)NCc1cc(Cl)c(OCc2cccc(-c3cccc(F)c3F)c2Br)cc1OCc1ccc2nonc2c1. The van der Waals surface area contributed by atoms with Crippen LogP contribution in [0.5, 0.6) is 11.5 Å². The molecule has 0 aliphatic heterocycles. The van der Waals surface area contributed by atoms with Crippen LogP contribution in [0.3, 0.4) is 0 Å². The normalized spacial score (nSPS) is 11.9. The number of fused-ring (bicyclic) bond motifs is 1. The van der Waals surface area contributed by atoms with Gasteiger partial charge in [-0.05, 0) is 61.6 Å². The van der Waals surface area contributed by atoms with Crippen molar-refractivity contribution < 1.29 is 37.9 Å². The van der Waals surface area contributed by atoms with Gasteiger partial charge in [0, 0.05) is 33.8 Å². The van der Waals surface area contributed by atoms with Gasteiger partial charge in [-0.15, -0.1) is 0 Å². The van der Waals surface area contributed by atoms with Crippen LogP contribution in [0.2, 0.25) is 5.02 Å². The maximum Gasteiger partial charge on any atom is 0.323 e. The number of nitrogens with one attached hydrogen (secondary N) is 1. The summed E-state index contributed by atoms with van der Waals surface area (Å²) in [7, 11) is 0. The van der Waals surface area contributed by atoms with Crippen molar-refractivity contribution in [3.63, 3.8) is 0 Å². The molecule has 5 rings (SSSR count). The number of carbonyl (C=O) groups is 1. The largest absolute Gasteiger partial charge is 0.488 e. The lowest BCUT2D eigenvalue weighted by Crippen LogP contribution is -2.39. The fourth-order valence-corrected chi connectivity index (χ4v) is 5.10. The van der Waals surface area contributed by atoms with Gasteiger partial charge in [0.1, 0.15) is 41.8 Å². The molecule has 0 saturated heterocycles. The molecule has 1 atom stereocenters. The Morgan fingerprint density at radius 1 is 0.953 bits per heavy atom. The Balaban J connectivity index is 1.40. The van der Waals surface area contributed by atoms with Crippen LogP contribution in [-0.4, -0.2) is 39.1 Å². The second-order valence-corrected chi connectivity index (χ2v) is 10.6. The molecule has 3 N–H and O–H groups in total. The third-order valence-corrected chi connectivity index (χ3v) is 7.78. The predicted octanol–water partition coefficient (Wildman–Crippen LogP) is 6.28. The molecular formula is C30H23BrClF2N3O6. The van der Waals surface area contributed by atoms with Crippen LogP contribution in [0.15, 0.2) is 75.8 Å². The number of rotatable bonds is 12. The average Bonchev–Trinajstić information content (AvgIpc) is 3.46. The van der Waals surface area contributed by atoms with Crippen molar-refractivity contribution in [3.05, 3.63) is 105 Å². The quantitative estimate of drug-likeness (QED) is 0.140. The van der Waals surface area contributed by atoms with Crippen LogP contribution in [0, 0.1) is 11.6 Å². The second-order valence-electron chi connectivity index (χ2n) is 9.39. The van der Waals surface area contributed by atoms with Crippen molar-refractivity contribution in [2.45, 2.75) is 25.8 Å².